The monoisotopic (exact) mass is 293 g/mol. The zero-order chi connectivity index (χ0) is 15.4. The Bertz CT molecular complexity index is 505. The minimum atomic E-state index is -0.000170. The molecule has 1 unspecified atom stereocenters. The molecule has 1 aliphatic heterocycles. The Morgan fingerprint density at radius 3 is 2.76 bits per heavy atom. The molecule has 1 aliphatic rings. The molecule has 0 bridgehead atoms. The Labute approximate surface area is 125 Å². The van der Waals surface area contributed by atoms with Crippen molar-refractivity contribution in [3.05, 3.63) is 0 Å². The molecular formula is C13H23N7O. The fourth-order valence-corrected chi connectivity index (χ4v) is 2.28. The molecule has 1 fully saturated rings. The third kappa shape index (κ3) is 3.93. The smallest absolute Gasteiger partial charge is 0.232 e. The molecule has 0 aromatic carbocycles. The summed E-state index contributed by atoms with van der Waals surface area (Å²) in [6.45, 7) is 5.85. The quantitative estimate of drug-likeness (QED) is 0.795. The lowest BCUT2D eigenvalue weighted by atomic mass is 10.3. The third-order valence-electron chi connectivity index (χ3n) is 3.23. The predicted molar refractivity (Wildman–Crippen MR) is 82.8 cm³/mol. The molecule has 8 nitrogen and oxygen atoms in total. The van der Waals surface area contributed by atoms with Crippen LogP contribution in [0.15, 0.2) is 0 Å². The predicted octanol–water partition coefficient (Wildman–Crippen LogP) is 0.0842. The van der Waals surface area contributed by atoms with E-state index < -0.39 is 0 Å². The van der Waals surface area contributed by atoms with Crippen molar-refractivity contribution in [2.45, 2.75) is 26.3 Å². The van der Waals surface area contributed by atoms with Crippen LogP contribution in [0.3, 0.4) is 0 Å². The second kappa shape index (κ2) is 6.55. The minimum Gasteiger partial charge on any atom is -0.354 e. The normalized spacial score (nSPS) is 17.7. The molecule has 2 heterocycles. The Kier molecular flexibility index (Phi) is 4.77. The first-order chi connectivity index (χ1) is 9.99. The molecule has 1 aromatic rings. The first-order valence-electron chi connectivity index (χ1n) is 7.19. The van der Waals surface area contributed by atoms with Crippen LogP contribution in [-0.4, -0.2) is 60.6 Å². The molecule has 1 saturated heterocycles. The van der Waals surface area contributed by atoms with Gasteiger partial charge in [0, 0.05) is 46.7 Å². The van der Waals surface area contributed by atoms with Crippen LogP contribution in [0.1, 0.15) is 20.3 Å². The summed E-state index contributed by atoms with van der Waals surface area (Å²) in [5.74, 6) is 1.85. The average Bonchev–Trinajstić information content (AvgIpc) is 2.86. The SMILES string of the molecule is CCNc1nc(N(C)C)nc(N2CCC(NC(C)=O)C2)n1. The largest absolute Gasteiger partial charge is 0.354 e. The van der Waals surface area contributed by atoms with E-state index in [0.29, 0.717) is 17.8 Å². The minimum absolute atomic E-state index is 0.000170. The number of aromatic nitrogens is 3. The Morgan fingerprint density at radius 1 is 1.38 bits per heavy atom. The van der Waals surface area contributed by atoms with Gasteiger partial charge in [0.1, 0.15) is 0 Å². The number of anilines is 3. The number of hydrogen-bond acceptors (Lipinski definition) is 7. The van der Waals surface area contributed by atoms with Crippen molar-refractivity contribution in [1.29, 1.82) is 0 Å². The highest BCUT2D eigenvalue weighted by Crippen LogP contribution is 2.19. The van der Waals surface area contributed by atoms with E-state index in [1.54, 1.807) is 6.92 Å². The number of carbonyl (C=O) groups excluding carboxylic acids is 1. The van der Waals surface area contributed by atoms with Crippen molar-refractivity contribution in [2.24, 2.45) is 0 Å². The van der Waals surface area contributed by atoms with Gasteiger partial charge in [-0.25, -0.2) is 0 Å². The highest BCUT2D eigenvalue weighted by Gasteiger charge is 2.25. The zero-order valence-corrected chi connectivity index (χ0v) is 13.1. The zero-order valence-electron chi connectivity index (χ0n) is 13.1. The molecule has 2 rings (SSSR count). The van der Waals surface area contributed by atoms with E-state index in [9.17, 15) is 4.79 Å². The molecule has 0 radical (unpaired) electrons. The second-order valence-corrected chi connectivity index (χ2v) is 5.32. The number of nitrogens with zero attached hydrogens (tertiary/aromatic N) is 5. The lowest BCUT2D eigenvalue weighted by Crippen LogP contribution is -2.36. The molecule has 0 saturated carbocycles. The summed E-state index contributed by atoms with van der Waals surface area (Å²) in [7, 11) is 3.80. The second-order valence-electron chi connectivity index (χ2n) is 5.32. The molecule has 1 amide bonds. The molecule has 116 valence electrons. The summed E-state index contributed by atoms with van der Waals surface area (Å²) in [5, 5.41) is 6.07. The Balaban J connectivity index is 2.17. The fourth-order valence-electron chi connectivity index (χ4n) is 2.28. The van der Waals surface area contributed by atoms with E-state index in [1.165, 1.54) is 0 Å². The summed E-state index contributed by atoms with van der Waals surface area (Å²) in [6.07, 6.45) is 0.902. The van der Waals surface area contributed by atoms with Crippen LogP contribution in [0.4, 0.5) is 17.8 Å². The molecule has 21 heavy (non-hydrogen) atoms. The van der Waals surface area contributed by atoms with Gasteiger partial charge in [0.05, 0.1) is 0 Å². The van der Waals surface area contributed by atoms with Gasteiger partial charge in [-0.15, -0.1) is 0 Å². The van der Waals surface area contributed by atoms with Gasteiger partial charge in [0.15, 0.2) is 0 Å². The van der Waals surface area contributed by atoms with Crippen LogP contribution in [-0.2, 0) is 4.79 Å². The molecular weight excluding hydrogens is 270 g/mol. The first kappa shape index (κ1) is 15.3. The van der Waals surface area contributed by atoms with Crippen LogP contribution < -0.4 is 20.4 Å². The van der Waals surface area contributed by atoms with Gasteiger partial charge in [-0.05, 0) is 13.3 Å². The van der Waals surface area contributed by atoms with E-state index in [4.69, 9.17) is 0 Å². The van der Waals surface area contributed by atoms with Crippen LogP contribution in [0, 0.1) is 0 Å². The van der Waals surface area contributed by atoms with Crippen molar-refractivity contribution in [3.8, 4) is 0 Å². The van der Waals surface area contributed by atoms with Crippen molar-refractivity contribution in [2.75, 3.05) is 48.8 Å². The molecule has 1 atom stereocenters. The summed E-state index contributed by atoms with van der Waals surface area (Å²) < 4.78 is 0. The number of rotatable bonds is 5. The van der Waals surface area contributed by atoms with Gasteiger partial charge in [-0.1, -0.05) is 0 Å². The standard InChI is InChI=1S/C13H23N7O/c1-5-14-11-16-12(19(3)4)18-13(17-11)20-7-6-10(8-20)15-9(2)21/h10H,5-8H2,1-4H3,(H,15,21)(H,14,16,17,18). The summed E-state index contributed by atoms with van der Waals surface area (Å²) in [4.78, 5) is 28.4. The maximum atomic E-state index is 11.1. The Morgan fingerprint density at radius 2 is 2.14 bits per heavy atom. The maximum absolute atomic E-state index is 11.1. The molecule has 0 spiro atoms. The van der Waals surface area contributed by atoms with Crippen LogP contribution in [0.25, 0.3) is 0 Å². The summed E-state index contributed by atoms with van der Waals surface area (Å²) in [5.41, 5.74) is 0. The number of hydrogen-bond donors (Lipinski definition) is 2. The van der Waals surface area contributed by atoms with Gasteiger partial charge >= 0.3 is 0 Å². The number of amides is 1. The maximum Gasteiger partial charge on any atom is 0.232 e. The van der Waals surface area contributed by atoms with Crippen molar-refractivity contribution in [1.82, 2.24) is 20.3 Å². The molecule has 8 heteroatoms. The lowest BCUT2D eigenvalue weighted by Gasteiger charge is -2.19. The van der Waals surface area contributed by atoms with Gasteiger partial charge in [0.25, 0.3) is 0 Å². The van der Waals surface area contributed by atoms with E-state index in [1.807, 2.05) is 25.9 Å². The van der Waals surface area contributed by atoms with Crippen molar-refractivity contribution >= 4 is 23.8 Å². The lowest BCUT2D eigenvalue weighted by molar-refractivity contribution is -0.119. The van der Waals surface area contributed by atoms with Gasteiger partial charge in [0.2, 0.25) is 23.8 Å². The molecule has 2 N–H and O–H groups in total. The van der Waals surface area contributed by atoms with E-state index in [0.717, 1.165) is 26.1 Å². The van der Waals surface area contributed by atoms with Crippen LogP contribution in [0.5, 0.6) is 0 Å². The molecule has 0 aliphatic carbocycles. The first-order valence-corrected chi connectivity index (χ1v) is 7.19. The number of carbonyl (C=O) groups is 1. The van der Waals surface area contributed by atoms with Crippen molar-refractivity contribution in [3.63, 3.8) is 0 Å². The fraction of sp³-hybridized carbons (Fsp3) is 0.692. The van der Waals surface area contributed by atoms with E-state index in [2.05, 4.69) is 30.5 Å². The van der Waals surface area contributed by atoms with Crippen LogP contribution >= 0.6 is 0 Å². The van der Waals surface area contributed by atoms with E-state index >= 15 is 0 Å². The van der Waals surface area contributed by atoms with E-state index in [-0.39, 0.29) is 11.9 Å². The highest BCUT2D eigenvalue weighted by atomic mass is 16.1. The highest BCUT2D eigenvalue weighted by molar-refractivity contribution is 5.73. The van der Waals surface area contributed by atoms with Gasteiger partial charge in [-0.2, -0.15) is 15.0 Å². The summed E-state index contributed by atoms with van der Waals surface area (Å²) in [6, 6.07) is 0.157. The molecule has 1 aromatic heterocycles. The topological polar surface area (TPSA) is 86.3 Å². The number of nitrogens with one attached hydrogen (secondary N) is 2. The Hall–Kier alpha value is -2.12. The van der Waals surface area contributed by atoms with Crippen molar-refractivity contribution < 1.29 is 4.79 Å². The van der Waals surface area contributed by atoms with Crippen LogP contribution in [0.2, 0.25) is 0 Å². The summed E-state index contributed by atoms with van der Waals surface area (Å²) >= 11 is 0. The van der Waals surface area contributed by atoms with Gasteiger partial charge < -0.3 is 20.4 Å². The average molecular weight is 293 g/mol. The third-order valence-corrected chi connectivity index (χ3v) is 3.23. The van der Waals surface area contributed by atoms with Gasteiger partial charge in [-0.3, -0.25) is 4.79 Å².